The minimum atomic E-state index is 0.161. The first kappa shape index (κ1) is 16.0. The summed E-state index contributed by atoms with van der Waals surface area (Å²) in [6, 6.07) is 8.31. The fraction of sp³-hybridized carbons (Fsp3) is 0.632. The Morgan fingerprint density at radius 2 is 1.65 bits per heavy atom. The smallest absolute Gasteiger partial charge is 0.221 e. The van der Waals surface area contributed by atoms with Gasteiger partial charge in [-0.3, -0.25) is 4.79 Å². The summed E-state index contributed by atoms with van der Waals surface area (Å²) in [6.07, 6.45) is 8.62. The molecule has 0 saturated heterocycles. The van der Waals surface area contributed by atoms with Crippen LogP contribution in [0.5, 0.6) is 0 Å². The zero-order chi connectivity index (χ0) is 15.9. The van der Waals surface area contributed by atoms with Crippen molar-refractivity contribution in [3.05, 3.63) is 28.7 Å². The van der Waals surface area contributed by atoms with E-state index in [2.05, 4.69) is 45.5 Å². The Balaban J connectivity index is 1.28. The first-order valence-electron chi connectivity index (χ1n) is 8.80. The molecule has 23 heavy (non-hydrogen) atoms. The highest BCUT2D eigenvalue weighted by atomic mass is 79.9. The van der Waals surface area contributed by atoms with E-state index >= 15 is 0 Å². The van der Waals surface area contributed by atoms with Crippen molar-refractivity contribution in [2.45, 2.75) is 55.4 Å². The van der Waals surface area contributed by atoms with Crippen LogP contribution >= 0.6 is 27.7 Å². The lowest BCUT2D eigenvalue weighted by Gasteiger charge is -2.56. The molecule has 0 atom stereocenters. The summed E-state index contributed by atoms with van der Waals surface area (Å²) < 4.78 is 1.10. The van der Waals surface area contributed by atoms with Gasteiger partial charge in [-0.1, -0.05) is 15.9 Å². The number of halogens is 1. The lowest BCUT2D eigenvalue weighted by Crippen LogP contribution is -2.59. The van der Waals surface area contributed by atoms with Crippen molar-refractivity contribution >= 4 is 33.6 Å². The quantitative estimate of drug-likeness (QED) is 0.711. The number of thioether (sulfide) groups is 1. The largest absolute Gasteiger partial charge is 0.351 e. The summed E-state index contributed by atoms with van der Waals surface area (Å²) in [6.45, 7) is 0. The molecule has 2 nitrogen and oxygen atoms in total. The number of rotatable bonds is 5. The van der Waals surface area contributed by atoms with Gasteiger partial charge in [-0.25, -0.2) is 0 Å². The van der Waals surface area contributed by atoms with Crippen molar-refractivity contribution in [2.75, 3.05) is 5.75 Å². The summed E-state index contributed by atoms with van der Waals surface area (Å²) in [5.41, 5.74) is 0.161. The molecule has 1 aromatic carbocycles. The average molecular weight is 394 g/mol. The Labute approximate surface area is 151 Å². The van der Waals surface area contributed by atoms with Gasteiger partial charge in [-0.2, -0.15) is 0 Å². The Morgan fingerprint density at radius 1 is 1.09 bits per heavy atom. The first-order chi connectivity index (χ1) is 11.1. The zero-order valence-corrected chi connectivity index (χ0v) is 15.8. The molecule has 0 aliphatic heterocycles. The normalized spacial score (nSPS) is 34.6. The van der Waals surface area contributed by atoms with E-state index in [0.29, 0.717) is 6.42 Å². The second kappa shape index (κ2) is 6.44. The third-order valence-electron chi connectivity index (χ3n) is 5.85. The van der Waals surface area contributed by atoms with Crippen LogP contribution in [-0.2, 0) is 4.79 Å². The van der Waals surface area contributed by atoms with Gasteiger partial charge in [-0.05, 0) is 80.5 Å². The second-order valence-corrected chi connectivity index (χ2v) is 9.88. The van der Waals surface area contributed by atoms with Crippen molar-refractivity contribution in [3.8, 4) is 0 Å². The summed E-state index contributed by atoms with van der Waals surface area (Å²) in [4.78, 5) is 13.7. The molecule has 4 heteroatoms. The Bertz CT molecular complexity index is 550. The van der Waals surface area contributed by atoms with E-state index in [0.717, 1.165) is 28.0 Å². The third-order valence-corrected chi connectivity index (χ3v) is 7.40. The molecule has 4 bridgehead atoms. The van der Waals surface area contributed by atoms with Gasteiger partial charge in [0.2, 0.25) is 5.91 Å². The zero-order valence-electron chi connectivity index (χ0n) is 13.4. The standard InChI is InChI=1S/C19H24BrNOS/c20-16-1-3-17(4-2-16)23-6-5-18(22)21-19-10-13-7-14(11-19)9-15(8-13)12-19/h1-4,13-15H,5-12H2,(H,21,22). The highest BCUT2D eigenvalue weighted by Crippen LogP contribution is 2.55. The van der Waals surface area contributed by atoms with Crippen molar-refractivity contribution in [1.82, 2.24) is 5.32 Å². The van der Waals surface area contributed by atoms with E-state index in [1.165, 1.54) is 43.4 Å². The lowest BCUT2D eigenvalue weighted by atomic mass is 9.53. The molecule has 124 valence electrons. The number of amides is 1. The number of carbonyl (C=O) groups excluding carboxylic acids is 1. The molecule has 4 aliphatic rings. The van der Waals surface area contributed by atoms with Gasteiger partial charge in [-0.15, -0.1) is 11.8 Å². The van der Waals surface area contributed by atoms with Gasteiger partial charge in [0.1, 0.15) is 0 Å². The minimum Gasteiger partial charge on any atom is -0.351 e. The van der Waals surface area contributed by atoms with Crippen molar-refractivity contribution in [2.24, 2.45) is 17.8 Å². The van der Waals surface area contributed by atoms with Gasteiger partial charge >= 0.3 is 0 Å². The van der Waals surface area contributed by atoms with Crippen LogP contribution < -0.4 is 5.32 Å². The van der Waals surface area contributed by atoms with E-state index < -0.39 is 0 Å². The minimum absolute atomic E-state index is 0.161. The molecule has 0 heterocycles. The molecule has 0 unspecified atom stereocenters. The summed E-state index contributed by atoms with van der Waals surface area (Å²) >= 11 is 5.22. The number of nitrogens with one attached hydrogen (secondary N) is 1. The SMILES string of the molecule is O=C(CCSc1ccc(Br)cc1)NC12CC3CC(CC(C3)C1)C2. The molecule has 0 spiro atoms. The molecular weight excluding hydrogens is 370 g/mol. The molecule has 0 radical (unpaired) electrons. The first-order valence-corrected chi connectivity index (χ1v) is 10.6. The van der Waals surface area contributed by atoms with E-state index in [1.807, 2.05) is 0 Å². The predicted molar refractivity (Wildman–Crippen MR) is 98.5 cm³/mol. The van der Waals surface area contributed by atoms with Crippen LogP contribution in [-0.4, -0.2) is 17.2 Å². The molecule has 5 rings (SSSR count). The molecular formula is C19H24BrNOS. The summed E-state index contributed by atoms with van der Waals surface area (Å²) in [5, 5.41) is 3.46. The van der Waals surface area contributed by atoms with Crippen molar-refractivity contribution in [1.29, 1.82) is 0 Å². The van der Waals surface area contributed by atoms with Crippen LogP contribution in [0.15, 0.2) is 33.6 Å². The summed E-state index contributed by atoms with van der Waals surface area (Å²) in [5.74, 6) is 3.78. The van der Waals surface area contributed by atoms with Gasteiger partial charge in [0, 0.05) is 27.1 Å². The van der Waals surface area contributed by atoms with Crippen LogP contribution in [0, 0.1) is 17.8 Å². The van der Waals surface area contributed by atoms with Crippen molar-refractivity contribution in [3.63, 3.8) is 0 Å². The van der Waals surface area contributed by atoms with Gasteiger partial charge in [0.05, 0.1) is 0 Å². The predicted octanol–water partition coefficient (Wildman–Crippen LogP) is 5.02. The maximum absolute atomic E-state index is 12.4. The van der Waals surface area contributed by atoms with Crippen LogP contribution in [0.2, 0.25) is 0 Å². The van der Waals surface area contributed by atoms with E-state index in [1.54, 1.807) is 11.8 Å². The fourth-order valence-electron chi connectivity index (χ4n) is 5.41. The second-order valence-electron chi connectivity index (χ2n) is 7.80. The molecule has 4 saturated carbocycles. The molecule has 4 aliphatic carbocycles. The van der Waals surface area contributed by atoms with Crippen LogP contribution in [0.3, 0.4) is 0 Å². The Hall–Kier alpha value is -0.480. The molecule has 1 N–H and O–H groups in total. The fourth-order valence-corrected chi connectivity index (χ4v) is 6.53. The van der Waals surface area contributed by atoms with Crippen LogP contribution in [0.4, 0.5) is 0 Å². The monoisotopic (exact) mass is 393 g/mol. The third kappa shape index (κ3) is 3.63. The Kier molecular flexibility index (Phi) is 4.48. The number of carbonyl (C=O) groups is 1. The van der Waals surface area contributed by atoms with E-state index in [9.17, 15) is 4.79 Å². The van der Waals surface area contributed by atoms with Crippen molar-refractivity contribution < 1.29 is 4.79 Å². The van der Waals surface area contributed by atoms with E-state index in [4.69, 9.17) is 0 Å². The maximum atomic E-state index is 12.4. The molecule has 1 aromatic rings. The van der Waals surface area contributed by atoms with Crippen LogP contribution in [0.25, 0.3) is 0 Å². The summed E-state index contributed by atoms with van der Waals surface area (Å²) in [7, 11) is 0. The maximum Gasteiger partial charge on any atom is 0.221 e. The highest BCUT2D eigenvalue weighted by molar-refractivity contribution is 9.10. The van der Waals surface area contributed by atoms with E-state index in [-0.39, 0.29) is 11.4 Å². The average Bonchev–Trinajstić information content (AvgIpc) is 2.47. The van der Waals surface area contributed by atoms with Crippen LogP contribution in [0.1, 0.15) is 44.9 Å². The van der Waals surface area contributed by atoms with Gasteiger partial charge in [0.15, 0.2) is 0 Å². The molecule has 1 amide bonds. The highest BCUT2D eigenvalue weighted by Gasteiger charge is 2.51. The van der Waals surface area contributed by atoms with Gasteiger partial charge < -0.3 is 5.32 Å². The Morgan fingerprint density at radius 3 is 2.22 bits per heavy atom. The number of hydrogen-bond acceptors (Lipinski definition) is 2. The van der Waals surface area contributed by atoms with Gasteiger partial charge in [0.25, 0.3) is 0 Å². The lowest BCUT2D eigenvalue weighted by molar-refractivity contribution is -0.126. The topological polar surface area (TPSA) is 29.1 Å². The molecule has 4 fully saturated rings. The number of hydrogen-bond donors (Lipinski definition) is 1. The molecule has 0 aromatic heterocycles. The number of benzene rings is 1.